The monoisotopic (exact) mass is 361 g/mol. The van der Waals surface area contributed by atoms with Crippen molar-refractivity contribution in [2.45, 2.75) is 64.5 Å². The number of carbonyl (C=O) groups is 2. The standard InChI is InChI=1S/C20H31N3O3/c1-2-3-4-5-9-12-19(25)23-17(15-18(21)24)20(26)22-14-13-16-10-7-6-8-11-16/h6-8,10-11,20,22,26H,2-5,9,12-15H2,1H3,(H2,21,24)/b23-17+/t20-/m1/s1. The molecule has 1 atom stereocenters. The smallest absolute Gasteiger partial charge is 0.245 e. The SMILES string of the molecule is CCCCCCCC(=O)/N=C(\CC(N)=O)[C@@H](O)NCCc1ccccc1. The lowest BCUT2D eigenvalue weighted by Crippen LogP contribution is -2.40. The Morgan fingerprint density at radius 1 is 1.15 bits per heavy atom. The van der Waals surface area contributed by atoms with Crippen molar-refractivity contribution in [3.8, 4) is 0 Å². The summed E-state index contributed by atoms with van der Waals surface area (Å²) in [6, 6.07) is 9.83. The molecule has 0 unspecified atom stereocenters. The molecular formula is C20H31N3O3. The van der Waals surface area contributed by atoms with Crippen LogP contribution in [0.5, 0.6) is 0 Å². The van der Waals surface area contributed by atoms with Gasteiger partial charge in [0.2, 0.25) is 11.8 Å². The molecule has 6 heteroatoms. The van der Waals surface area contributed by atoms with Gasteiger partial charge in [0.1, 0.15) is 6.23 Å². The minimum atomic E-state index is -1.16. The lowest BCUT2D eigenvalue weighted by Gasteiger charge is -2.14. The third-order valence-corrected chi connectivity index (χ3v) is 4.03. The predicted octanol–water partition coefficient (Wildman–Crippen LogP) is 2.34. The number of amides is 2. The van der Waals surface area contributed by atoms with Crippen LogP contribution in [-0.4, -0.2) is 35.4 Å². The zero-order valence-electron chi connectivity index (χ0n) is 15.6. The van der Waals surface area contributed by atoms with Crippen LogP contribution in [0.2, 0.25) is 0 Å². The third kappa shape index (κ3) is 10.1. The van der Waals surface area contributed by atoms with Crippen molar-refractivity contribution >= 4 is 17.5 Å². The van der Waals surface area contributed by atoms with E-state index in [-0.39, 0.29) is 18.0 Å². The predicted molar refractivity (Wildman–Crippen MR) is 104 cm³/mol. The molecule has 2 amide bonds. The van der Waals surface area contributed by atoms with Crippen molar-refractivity contribution in [2.24, 2.45) is 10.7 Å². The number of unbranched alkanes of at least 4 members (excludes halogenated alkanes) is 4. The average molecular weight is 361 g/mol. The molecule has 1 aromatic carbocycles. The van der Waals surface area contributed by atoms with Gasteiger partial charge in [-0.05, 0) is 18.4 Å². The molecule has 0 fully saturated rings. The Hall–Kier alpha value is -2.05. The summed E-state index contributed by atoms with van der Waals surface area (Å²) in [6.45, 7) is 2.63. The maximum atomic E-state index is 12.0. The van der Waals surface area contributed by atoms with Gasteiger partial charge < -0.3 is 10.8 Å². The van der Waals surface area contributed by atoms with Gasteiger partial charge in [0, 0.05) is 13.0 Å². The molecule has 0 bridgehead atoms. The maximum Gasteiger partial charge on any atom is 0.245 e. The topological polar surface area (TPSA) is 105 Å². The van der Waals surface area contributed by atoms with Gasteiger partial charge in [-0.1, -0.05) is 62.9 Å². The second-order valence-electron chi connectivity index (χ2n) is 6.40. The fourth-order valence-electron chi connectivity index (χ4n) is 2.59. The number of benzene rings is 1. The quantitative estimate of drug-likeness (QED) is 0.285. The Balaban J connectivity index is 2.49. The molecule has 1 aromatic rings. The van der Waals surface area contributed by atoms with Crippen LogP contribution in [0.15, 0.2) is 35.3 Å². The van der Waals surface area contributed by atoms with Gasteiger partial charge in [0.05, 0.1) is 12.1 Å². The number of aliphatic hydroxyl groups is 1. The zero-order valence-corrected chi connectivity index (χ0v) is 15.6. The van der Waals surface area contributed by atoms with Crippen molar-refractivity contribution in [2.75, 3.05) is 6.54 Å². The van der Waals surface area contributed by atoms with Crippen LogP contribution >= 0.6 is 0 Å². The highest BCUT2D eigenvalue weighted by molar-refractivity contribution is 6.06. The lowest BCUT2D eigenvalue weighted by molar-refractivity contribution is -0.118. The molecule has 0 aliphatic rings. The number of nitrogens with zero attached hydrogens (tertiary/aromatic N) is 1. The van der Waals surface area contributed by atoms with Crippen LogP contribution in [0.25, 0.3) is 0 Å². The van der Waals surface area contributed by atoms with E-state index >= 15 is 0 Å². The van der Waals surface area contributed by atoms with Crippen molar-refractivity contribution < 1.29 is 14.7 Å². The van der Waals surface area contributed by atoms with Crippen LogP contribution in [0.1, 0.15) is 57.4 Å². The molecule has 6 nitrogen and oxygen atoms in total. The molecule has 0 aliphatic heterocycles. The molecule has 26 heavy (non-hydrogen) atoms. The Morgan fingerprint density at radius 3 is 2.50 bits per heavy atom. The van der Waals surface area contributed by atoms with Crippen molar-refractivity contribution in [1.29, 1.82) is 0 Å². The number of aliphatic hydroxyl groups excluding tert-OH is 1. The first-order valence-electron chi connectivity index (χ1n) is 9.37. The largest absolute Gasteiger partial charge is 0.373 e. The second-order valence-corrected chi connectivity index (χ2v) is 6.40. The number of hydrogen-bond donors (Lipinski definition) is 3. The highest BCUT2D eigenvalue weighted by Gasteiger charge is 2.16. The van der Waals surface area contributed by atoms with Crippen LogP contribution < -0.4 is 11.1 Å². The van der Waals surface area contributed by atoms with Crippen LogP contribution in [-0.2, 0) is 16.0 Å². The molecule has 0 saturated carbocycles. The van der Waals surface area contributed by atoms with Crippen molar-refractivity contribution in [3.05, 3.63) is 35.9 Å². The summed E-state index contributed by atoms with van der Waals surface area (Å²) >= 11 is 0. The summed E-state index contributed by atoms with van der Waals surface area (Å²) in [6.07, 6.45) is 4.81. The first-order valence-corrected chi connectivity index (χ1v) is 9.37. The summed E-state index contributed by atoms with van der Waals surface area (Å²) in [7, 11) is 0. The van der Waals surface area contributed by atoms with E-state index in [9.17, 15) is 14.7 Å². The molecule has 0 heterocycles. The molecule has 0 aromatic heterocycles. The van der Waals surface area contributed by atoms with Gasteiger partial charge in [-0.15, -0.1) is 0 Å². The zero-order chi connectivity index (χ0) is 19.2. The van der Waals surface area contributed by atoms with Gasteiger partial charge in [-0.3, -0.25) is 14.9 Å². The number of rotatable bonds is 13. The van der Waals surface area contributed by atoms with E-state index < -0.39 is 12.1 Å². The highest BCUT2D eigenvalue weighted by Crippen LogP contribution is 2.06. The summed E-state index contributed by atoms with van der Waals surface area (Å²) in [5, 5.41) is 13.1. The molecule has 0 spiro atoms. The first-order chi connectivity index (χ1) is 12.5. The number of primary amides is 1. The van der Waals surface area contributed by atoms with E-state index in [0.29, 0.717) is 19.4 Å². The van der Waals surface area contributed by atoms with Crippen LogP contribution in [0.4, 0.5) is 0 Å². The normalized spacial score (nSPS) is 12.8. The molecular weight excluding hydrogens is 330 g/mol. The Bertz CT molecular complexity index is 573. The van der Waals surface area contributed by atoms with E-state index in [1.165, 1.54) is 0 Å². The highest BCUT2D eigenvalue weighted by atomic mass is 16.3. The second kappa shape index (κ2) is 13.2. The summed E-state index contributed by atoms with van der Waals surface area (Å²) in [4.78, 5) is 27.1. The lowest BCUT2D eigenvalue weighted by atomic mass is 10.1. The number of nitrogens with one attached hydrogen (secondary N) is 1. The number of carbonyl (C=O) groups excluding carboxylic acids is 2. The number of nitrogens with two attached hydrogens (primary N) is 1. The molecule has 1 rings (SSSR count). The minimum absolute atomic E-state index is 0.0871. The third-order valence-electron chi connectivity index (χ3n) is 4.03. The summed E-state index contributed by atoms with van der Waals surface area (Å²) < 4.78 is 0. The fraction of sp³-hybridized carbons (Fsp3) is 0.550. The summed E-state index contributed by atoms with van der Waals surface area (Å²) in [5.41, 5.74) is 6.43. The van der Waals surface area contributed by atoms with Gasteiger partial charge >= 0.3 is 0 Å². The number of hydrogen-bond acceptors (Lipinski definition) is 4. The minimum Gasteiger partial charge on any atom is -0.373 e. The fourth-order valence-corrected chi connectivity index (χ4v) is 2.59. The molecule has 0 aliphatic carbocycles. The number of aliphatic imine (C=N–C) groups is 1. The van der Waals surface area contributed by atoms with Crippen LogP contribution in [0, 0.1) is 0 Å². The van der Waals surface area contributed by atoms with E-state index in [4.69, 9.17) is 5.73 Å². The van der Waals surface area contributed by atoms with Crippen LogP contribution in [0.3, 0.4) is 0 Å². The van der Waals surface area contributed by atoms with Gasteiger partial charge in [-0.2, -0.15) is 0 Å². The van der Waals surface area contributed by atoms with E-state index in [1.807, 2.05) is 30.3 Å². The maximum absolute atomic E-state index is 12.0. The average Bonchev–Trinajstić information content (AvgIpc) is 2.61. The Kier molecular flexibility index (Phi) is 11.2. The first kappa shape index (κ1) is 22.0. The van der Waals surface area contributed by atoms with Gasteiger partial charge in [0.15, 0.2) is 0 Å². The summed E-state index contributed by atoms with van der Waals surface area (Å²) in [5.74, 6) is -0.940. The van der Waals surface area contributed by atoms with E-state index in [0.717, 1.165) is 37.7 Å². The van der Waals surface area contributed by atoms with Crippen molar-refractivity contribution in [3.63, 3.8) is 0 Å². The Morgan fingerprint density at radius 2 is 1.85 bits per heavy atom. The van der Waals surface area contributed by atoms with E-state index in [2.05, 4.69) is 17.2 Å². The van der Waals surface area contributed by atoms with Gasteiger partial charge in [0.25, 0.3) is 0 Å². The van der Waals surface area contributed by atoms with Gasteiger partial charge in [-0.25, -0.2) is 4.99 Å². The molecule has 4 N–H and O–H groups in total. The molecule has 0 radical (unpaired) electrons. The molecule has 144 valence electrons. The Labute approximate surface area is 155 Å². The van der Waals surface area contributed by atoms with Crippen molar-refractivity contribution in [1.82, 2.24) is 5.32 Å². The van der Waals surface area contributed by atoms with E-state index in [1.54, 1.807) is 0 Å². The molecule has 0 saturated heterocycles.